The zero-order chi connectivity index (χ0) is 26.6. The first-order valence-electron chi connectivity index (χ1n) is 12.3. The van der Waals surface area contributed by atoms with Gasteiger partial charge < -0.3 is 4.74 Å². The quantitative estimate of drug-likeness (QED) is 0.127. The lowest BCUT2D eigenvalue weighted by atomic mass is 9.88. The van der Waals surface area contributed by atoms with Crippen LogP contribution in [0.4, 0.5) is 5.69 Å². The molecule has 1 aromatic heterocycles. The third-order valence-corrected chi connectivity index (χ3v) is 7.36. The van der Waals surface area contributed by atoms with Crippen molar-refractivity contribution in [2.75, 3.05) is 0 Å². The van der Waals surface area contributed by atoms with Gasteiger partial charge in [-0.15, -0.1) is 0 Å². The Hall–Kier alpha value is -3.56. The normalized spacial score (nSPS) is 14.3. The predicted octanol–water partition coefficient (Wildman–Crippen LogP) is 7.23. The Morgan fingerprint density at radius 1 is 1.13 bits per heavy atom. The maximum absolute atomic E-state index is 13.5. The van der Waals surface area contributed by atoms with Crippen molar-refractivity contribution >= 4 is 50.3 Å². The van der Waals surface area contributed by atoms with Gasteiger partial charge in [0.1, 0.15) is 12.4 Å². The first kappa shape index (κ1) is 26.1. The second-order valence-electron chi connectivity index (χ2n) is 9.20. The van der Waals surface area contributed by atoms with Gasteiger partial charge in [0.15, 0.2) is 0 Å². The predicted molar refractivity (Wildman–Crippen MR) is 151 cm³/mol. The third-order valence-electron chi connectivity index (χ3n) is 6.62. The monoisotopic (exact) mass is 594 g/mol. The van der Waals surface area contributed by atoms with Gasteiger partial charge in [0, 0.05) is 27.0 Å². The number of nitrogens with zero attached hydrogens (tertiary/aromatic N) is 4. The smallest absolute Gasteiger partial charge is 0.313 e. The van der Waals surface area contributed by atoms with E-state index in [9.17, 15) is 14.9 Å². The van der Waals surface area contributed by atoms with E-state index in [2.05, 4.69) is 21.0 Å². The molecule has 0 spiro atoms. The molecule has 3 aromatic carbocycles. The maximum Gasteiger partial charge on any atom is 0.313 e. The molecule has 1 fully saturated rings. The van der Waals surface area contributed by atoms with Crippen LogP contribution in [0.25, 0.3) is 10.9 Å². The number of ether oxygens (including phenoxy) is 1. The van der Waals surface area contributed by atoms with Gasteiger partial charge in [0.25, 0.3) is 5.56 Å². The van der Waals surface area contributed by atoms with Crippen LogP contribution >= 0.6 is 27.5 Å². The van der Waals surface area contributed by atoms with E-state index in [4.69, 9.17) is 21.3 Å². The molecule has 1 saturated carbocycles. The minimum atomic E-state index is -0.544. The fourth-order valence-electron chi connectivity index (χ4n) is 4.72. The van der Waals surface area contributed by atoms with Crippen LogP contribution in [0.3, 0.4) is 0 Å². The average Bonchev–Trinajstić information content (AvgIpc) is 2.93. The van der Waals surface area contributed by atoms with Crippen molar-refractivity contribution < 1.29 is 9.66 Å². The number of hydrogen-bond acceptors (Lipinski definition) is 6. The van der Waals surface area contributed by atoms with E-state index in [0.717, 1.165) is 42.1 Å². The first-order chi connectivity index (χ1) is 18.4. The average molecular weight is 596 g/mol. The lowest BCUT2D eigenvalue weighted by molar-refractivity contribution is -0.385. The molecule has 5 rings (SSSR count). The lowest BCUT2D eigenvalue weighted by Crippen LogP contribution is -2.25. The van der Waals surface area contributed by atoms with Crippen molar-refractivity contribution in [2.24, 2.45) is 5.10 Å². The second-order valence-corrected chi connectivity index (χ2v) is 10.6. The lowest BCUT2D eigenvalue weighted by Gasteiger charge is -2.22. The minimum absolute atomic E-state index is 0.0204. The number of benzene rings is 3. The molecule has 0 radical (unpaired) electrons. The molecular weight excluding hydrogens is 572 g/mol. The number of nitro groups is 1. The largest absolute Gasteiger partial charge is 0.481 e. The first-order valence-corrected chi connectivity index (χ1v) is 13.5. The van der Waals surface area contributed by atoms with Crippen molar-refractivity contribution in [3.8, 4) is 5.75 Å². The Balaban J connectivity index is 1.59. The summed E-state index contributed by atoms with van der Waals surface area (Å²) in [6, 6.07) is 17.4. The van der Waals surface area contributed by atoms with Crippen molar-refractivity contribution in [3.05, 3.63) is 108 Å². The second kappa shape index (κ2) is 11.4. The number of fused-ring (bicyclic) bond motifs is 1. The van der Waals surface area contributed by atoms with E-state index in [-0.39, 0.29) is 40.1 Å². The highest BCUT2D eigenvalue weighted by atomic mass is 79.9. The summed E-state index contributed by atoms with van der Waals surface area (Å²) in [5, 5.41) is 17.0. The Bertz CT molecular complexity index is 1580. The summed E-state index contributed by atoms with van der Waals surface area (Å²) in [5.41, 5.74) is 1.17. The van der Waals surface area contributed by atoms with Gasteiger partial charge in [-0.25, -0.2) is 4.98 Å². The van der Waals surface area contributed by atoms with E-state index in [1.54, 1.807) is 12.1 Å². The number of nitro benzene ring substituents is 1. The van der Waals surface area contributed by atoms with E-state index in [0.29, 0.717) is 16.7 Å². The Morgan fingerprint density at radius 3 is 2.61 bits per heavy atom. The summed E-state index contributed by atoms with van der Waals surface area (Å²) >= 11 is 9.63. The molecule has 1 heterocycles. The standard InChI is InChI=1S/C28H24BrClN4O4/c29-21-12-10-18(11-13-21)17-38-26-20(14-22(30)15-25(26)34(36)37)16-31-33-27(19-6-2-1-3-7-19)32-24-9-5-4-8-23(24)28(33)35/h4-5,8-16,19H,1-3,6-7,17H2. The van der Waals surface area contributed by atoms with Gasteiger partial charge in [-0.2, -0.15) is 9.78 Å². The van der Waals surface area contributed by atoms with Crippen LogP contribution in [-0.2, 0) is 6.61 Å². The topological polar surface area (TPSA) is 99.6 Å². The molecule has 194 valence electrons. The number of hydrogen-bond donors (Lipinski definition) is 0. The zero-order valence-corrected chi connectivity index (χ0v) is 22.7. The summed E-state index contributed by atoms with van der Waals surface area (Å²) < 4.78 is 8.17. The fraction of sp³-hybridized carbons (Fsp3) is 0.250. The number of aromatic nitrogens is 2. The summed E-state index contributed by atoms with van der Waals surface area (Å²) in [6.07, 6.45) is 6.51. The third kappa shape index (κ3) is 5.63. The summed E-state index contributed by atoms with van der Waals surface area (Å²) in [5.74, 6) is 0.714. The van der Waals surface area contributed by atoms with Gasteiger partial charge >= 0.3 is 5.69 Å². The molecule has 0 N–H and O–H groups in total. The highest BCUT2D eigenvalue weighted by Crippen LogP contribution is 2.35. The molecule has 8 nitrogen and oxygen atoms in total. The summed E-state index contributed by atoms with van der Waals surface area (Å²) in [6.45, 7) is 0.0986. The number of rotatable bonds is 7. The molecule has 4 aromatic rings. The van der Waals surface area contributed by atoms with Crippen LogP contribution in [0.2, 0.25) is 5.02 Å². The Morgan fingerprint density at radius 2 is 1.87 bits per heavy atom. The molecule has 0 saturated heterocycles. The van der Waals surface area contributed by atoms with Gasteiger partial charge in [-0.1, -0.05) is 71.1 Å². The maximum atomic E-state index is 13.5. The number of para-hydroxylation sites is 1. The summed E-state index contributed by atoms with van der Waals surface area (Å²) in [7, 11) is 0. The molecule has 0 aliphatic heterocycles. The van der Waals surface area contributed by atoms with Crippen LogP contribution in [0, 0.1) is 10.1 Å². The van der Waals surface area contributed by atoms with Gasteiger partial charge in [0.05, 0.1) is 22.0 Å². The Kier molecular flexibility index (Phi) is 7.85. The molecule has 0 bridgehead atoms. The van der Waals surface area contributed by atoms with Crippen LogP contribution in [0.15, 0.2) is 75.0 Å². The van der Waals surface area contributed by atoms with Crippen LogP contribution < -0.4 is 10.3 Å². The highest BCUT2D eigenvalue weighted by molar-refractivity contribution is 9.10. The van der Waals surface area contributed by atoms with E-state index in [1.807, 2.05) is 36.4 Å². The van der Waals surface area contributed by atoms with Gasteiger partial charge in [-0.05, 0) is 48.7 Å². The molecule has 0 amide bonds. The van der Waals surface area contributed by atoms with Crippen molar-refractivity contribution in [2.45, 2.75) is 44.6 Å². The molecule has 0 unspecified atom stereocenters. The van der Waals surface area contributed by atoms with Crippen LogP contribution in [-0.4, -0.2) is 20.8 Å². The van der Waals surface area contributed by atoms with Crippen molar-refractivity contribution in [1.29, 1.82) is 0 Å². The fourth-order valence-corrected chi connectivity index (χ4v) is 5.21. The highest BCUT2D eigenvalue weighted by Gasteiger charge is 2.24. The Labute approximate surface area is 232 Å². The van der Waals surface area contributed by atoms with E-state index < -0.39 is 4.92 Å². The van der Waals surface area contributed by atoms with Gasteiger partial charge in [0.2, 0.25) is 5.75 Å². The summed E-state index contributed by atoms with van der Waals surface area (Å²) in [4.78, 5) is 29.7. The van der Waals surface area contributed by atoms with Crippen LogP contribution in [0.5, 0.6) is 5.75 Å². The van der Waals surface area contributed by atoms with Crippen LogP contribution in [0.1, 0.15) is 55.0 Å². The van der Waals surface area contributed by atoms with Crippen molar-refractivity contribution in [1.82, 2.24) is 9.66 Å². The SMILES string of the molecule is O=c1c2ccccc2nc(C2CCCCC2)n1N=Cc1cc(Cl)cc([N+](=O)[O-])c1OCc1ccc(Br)cc1. The molecule has 0 atom stereocenters. The zero-order valence-electron chi connectivity index (χ0n) is 20.3. The molecule has 1 aliphatic rings. The molecule has 1 aliphatic carbocycles. The molecular formula is C28H24BrClN4O4. The van der Waals surface area contributed by atoms with E-state index >= 15 is 0 Å². The number of halogens is 2. The minimum Gasteiger partial charge on any atom is -0.481 e. The van der Waals surface area contributed by atoms with E-state index in [1.165, 1.54) is 23.0 Å². The van der Waals surface area contributed by atoms with Gasteiger partial charge in [-0.3, -0.25) is 14.9 Å². The molecule has 38 heavy (non-hydrogen) atoms. The van der Waals surface area contributed by atoms with Crippen molar-refractivity contribution in [3.63, 3.8) is 0 Å². The molecule has 10 heteroatoms.